The van der Waals surface area contributed by atoms with Crippen molar-refractivity contribution in [1.82, 2.24) is 10.2 Å². The molecule has 2 atom stereocenters. The third-order valence-electron chi connectivity index (χ3n) is 2.47. The average Bonchev–Trinajstić information content (AvgIpc) is 2.15. The Hall–Kier alpha value is -0.810. The maximum absolute atomic E-state index is 11.9. The van der Waals surface area contributed by atoms with Crippen LogP contribution in [-0.4, -0.2) is 53.5 Å². The molecule has 1 amide bonds. The van der Waals surface area contributed by atoms with Crippen LogP contribution >= 0.6 is 0 Å². The Kier molecular flexibility index (Phi) is 4.15. The molecule has 0 radical (unpaired) electrons. The molecule has 5 nitrogen and oxygen atoms in total. The van der Waals surface area contributed by atoms with E-state index in [1.807, 2.05) is 20.8 Å². The van der Waals surface area contributed by atoms with Gasteiger partial charge in [-0.3, -0.25) is 0 Å². The minimum atomic E-state index is -0.555. The summed E-state index contributed by atoms with van der Waals surface area (Å²) >= 11 is 0. The lowest BCUT2D eigenvalue weighted by atomic mass is 10.1. The molecule has 2 unspecified atom stereocenters. The number of hydrogen-bond donors (Lipinski definition) is 2. The van der Waals surface area contributed by atoms with Crippen LogP contribution in [-0.2, 0) is 4.74 Å². The molecule has 5 heteroatoms. The molecule has 0 aromatic rings. The van der Waals surface area contributed by atoms with Gasteiger partial charge in [-0.1, -0.05) is 0 Å². The lowest BCUT2D eigenvalue weighted by Gasteiger charge is -2.38. The molecule has 0 spiro atoms. The van der Waals surface area contributed by atoms with Crippen molar-refractivity contribution in [2.45, 2.75) is 45.4 Å². The highest BCUT2D eigenvalue weighted by molar-refractivity contribution is 5.68. The lowest BCUT2D eigenvalue weighted by molar-refractivity contribution is -0.00867. The summed E-state index contributed by atoms with van der Waals surface area (Å²) in [4.78, 5) is 13.5. The Morgan fingerprint density at radius 2 is 2.19 bits per heavy atom. The molecule has 1 heterocycles. The summed E-state index contributed by atoms with van der Waals surface area (Å²) in [5, 5.41) is 12.8. The summed E-state index contributed by atoms with van der Waals surface area (Å²) in [6, 6.07) is -0.205. The van der Waals surface area contributed by atoms with Crippen molar-refractivity contribution in [3.63, 3.8) is 0 Å². The Morgan fingerprint density at radius 3 is 2.69 bits per heavy atom. The first-order valence-electron chi connectivity index (χ1n) is 5.69. The minimum absolute atomic E-state index is 0.205. The van der Waals surface area contributed by atoms with Crippen molar-refractivity contribution >= 4 is 6.09 Å². The third kappa shape index (κ3) is 3.64. The van der Waals surface area contributed by atoms with E-state index >= 15 is 0 Å². The van der Waals surface area contributed by atoms with Crippen LogP contribution in [0.4, 0.5) is 4.79 Å². The fourth-order valence-corrected chi connectivity index (χ4v) is 1.70. The Balaban J connectivity index is 2.64. The first-order chi connectivity index (χ1) is 7.31. The fraction of sp³-hybridized carbons (Fsp3) is 0.909. The van der Waals surface area contributed by atoms with E-state index < -0.39 is 11.7 Å². The molecule has 0 saturated carbocycles. The molecular weight excluding hydrogens is 208 g/mol. The van der Waals surface area contributed by atoms with Gasteiger partial charge in [0, 0.05) is 19.6 Å². The number of ether oxygens (including phenoxy) is 1. The number of nitrogens with one attached hydrogen (secondary N) is 1. The van der Waals surface area contributed by atoms with Gasteiger partial charge in [0.25, 0.3) is 0 Å². The standard InChI is InChI=1S/C11H22N2O3/c1-8(14)9-7-12-5-6-13(9)10(15)16-11(2,3)4/h8-9,12,14H,5-7H2,1-4H3. The normalized spacial score (nSPS) is 24.1. The van der Waals surface area contributed by atoms with Crippen LogP contribution in [0.3, 0.4) is 0 Å². The van der Waals surface area contributed by atoms with Gasteiger partial charge >= 0.3 is 6.09 Å². The second-order valence-corrected chi connectivity index (χ2v) is 5.19. The van der Waals surface area contributed by atoms with Gasteiger partial charge in [-0.15, -0.1) is 0 Å². The molecule has 1 aliphatic heterocycles. The van der Waals surface area contributed by atoms with Gasteiger partial charge in [0.2, 0.25) is 0 Å². The first-order valence-corrected chi connectivity index (χ1v) is 5.69. The van der Waals surface area contributed by atoms with Gasteiger partial charge in [0.05, 0.1) is 12.1 Å². The first kappa shape index (κ1) is 13.3. The van der Waals surface area contributed by atoms with Crippen molar-refractivity contribution in [1.29, 1.82) is 0 Å². The topological polar surface area (TPSA) is 61.8 Å². The van der Waals surface area contributed by atoms with E-state index in [0.717, 1.165) is 6.54 Å². The fourth-order valence-electron chi connectivity index (χ4n) is 1.70. The van der Waals surface area contributed by atoms with E-state index in [0.29, 0.717) is 13.1 Å². The Morgan fingerprint density at radius 1 is 1.56 bits per heavy atom. The highest BCUT2D eigenvalue weighted by Crippen LogP contribution is 2.14. The molecule has 94 valence electrons. The number of rotatable bonds is 1. The number of aliphatic hydroxyl groups excluding tert-OH is 1. The van der Waals surface area contributed by atoms with Crippen LogP contribution in [0.5, 0.6) is 0 Å². The number of aliphatic hydroxyl groups is 1. The number of amides is 1. The summed E-state index contributed by atoms with van der Waals surface area (Å²) in [6.45, 7) is 9.12. The monoisotopic (exact) mass is 230 g/mol. The van der Waals surface area contributed by atoms with Crippen molar-refractivity contribution in [2.24, 2.45) is 0 Å². The molecule has 2 N–H and O–H groups in total. The summed E-state index contributed by atoms with van der Waals surface area (Å²) in [5.74, 6) is 0. The van der Waals surface area contributed by atoms with E-state index in [-0.39, 0.29) is 12.1 Å². The minimum Gasteiger partial charge on any atom is -0.444 e. The maximum atomic E-state index is 11.9. The molecule has 0 aromatic heterocycles. The molecule has 1 rings (SSSR count). The predicted molar refractivity (Wildman–Crippen MR) is 61.3 cm³/mol. The molecule has 1 aliphatic rings. The van der Waals surface area contributed by atoms with E-state index in [4.69, 9.17) is 4.74 Å². The van der Waals surface area contributed by atoms with E-state index in [2.05, 4.69) is 5.32 Å². The maximum Gasteiger partial charge on any atom is 0.410 e. The molecule has 0 aliphatic carbocycles. The van der Waals surface area contributed by atoms with Crippen molar-refractivity contribution < 1.29 is 14.6 Å². The highest BCUT2D eigenvalue weighted by Gasteiger charge is 2.32. The third-order valence-corrected chi connectivity index (χ3v) is 2.47. The highest BCUT2D eigenvalue weighted by atomic mass is 16.6. The van der Waals surface area contributed by atoms with Crippen LogP contribution < -0.4 is 5.32 Å². The van der Waals surface area contributed by atoms with Gasteiger partial charge in [0.1, 0.15) is 5.60 Å². The van der Waals surface area contributed by atoms with Gasteiger partial charge < -0.3 is 20.1 Å². The van der Waals surface area contributed by atoms with Gasteiger partial charge in [0.15, 0.2) is 0 Å². The SMILES string of the molecule is CC(O)C1CNCCN1C(=O)OC(C)(C)C. The molecular formula is C11H22N2O3. The van der Waals surface area contributed by atoms with E-state index in [9.17, 15) is 9.90 Å². The number of piperazine rings is 1. The average molecular weight is 230 g/mol. The molecule has 16 heavy (non-hydrogen) atoms. The Bertz CT molecular complexity index is 248. The number of carbonyl (C=O) groups is 1. The number of carbonyl (C=O) groups excluding carboxylic acids is 1. The van der Waals surface area contributed by atoms with Crippen molar-refractivity contribution in [3.8, 4) is 0 Å². The second kappa shape index (κ2) is 5.01. The largest absolute Gasteiger partial charge is 0.444 e. The van der Waals surface area contributed by atoms with E-state index in [1.54, 1.807) is 11.8 Å². The summed E-state index contributed by atoms with van der Waals surface area (Å²) in [6.07, 6.45) is -0.903. The zero-order valence-corrected chi connectivity index (χ0v) is 10.5. The quantitative estimate of drug-likeness (QED) is 0.691. The van der Waals surface area contributed by atoms with Crippen LogP contribution in [0, 0.1) is 0 Å². The van der Waals surface area contributed by atoms with Crippen LogP contribution in [0.15, 0.2) is 0 Å². The Labute approximate surface area is 96.8 Å². The van der Waals surface area contributed by atoms with Crippen LogP contribution in [0.25, 0.3) is 0 Å². The van der Waals surface area contributed by atoms with Crippen molar-refractivity contribution in [3.05, 3.63) is 0 Å². The predicted octanol–water partition coefficient (Wildman–Crippen LogP) is 0.576. The lowest BCUT2D eigenvalue weighted by Crippen LogP contribution is -2.58. The van der Waals surface area contributed by atoms with Gasteiger partial charge in [-0.2, -0.15) is 0 Å². The molecule has 1 fully saturated rings. The van der Waals surface area contributed by atoms with Crippen LogP contribution in [0.2, 0.25) is 0 Å². The smallest absolute Gasteiger partial charge is 0.410 e. The number of hydrogen-bond acceptors (Lipinski definition) is 4. The summed E-state index contributed by atoms with van der Waals surface area (Å²) in [5.41, 5.74) is -0.495. The zero-order valence-electron chi connectivity index (χ0n) is 10.5. The molecule has 0 bridgehead atoms. The number of nitrogens with zero attached hydrogens (tertiary/aromatic N) is 1. The molecule has 1 saturated heterocycles. The molecule has 0 aromatic carbocycles. The zero-order chi connectivity index (χ0) is 12.3. The van der Waals surface area contributed by atoms with Gasteiger partial charge in [-0.05, 0) is 27.7 Å². The second-order valence-electron chi connectivity index (χ2n) is 5.19. The summed E-state index contributed by atoms with van der Waals surface area (Å²) in [7, 11) is 0. The summed E-state index contributed by atoms with van der Waals surface area (Å²) < 4.78 is 5.31. The van der Waals surface area contributed by atoms with E-state index in [1.165, 1.54) is 0 Å². The van der Waals surface area contributed by atoms with Crippen molar-refractivity contribution in [2.75, 3.05) is 19.6 Å². The van der Waals surface area contributed by atoms with Crippen LogP contribution in [0.1, 0.15) is 27.7 Å². The van der Waals surface area contributed by atoms with Gasteiger partial charge in [-0.25, -0.2) is 4.79 Å².